The molecule has 4 rings (SSSR count). The number of anilines is 1. The van der Waals surface area contributed by atoms with Gasteiger partial charge in [-0.25, -0.2) is 4.98 Å². The largest absolute Gasteiger partial charge is 0.493 e. The van der Waals surface area contributed by atoms with E-state index in [1.165, 1.54) is 23.1 Å². The number of thiazole rings is 1. The number of amides is 1. The van der Waals surface area contributed by atoms with Crippen molar-refractivity contribution in [3.63, 3.8) is 0 Å². The fourth-order valence-electron chi connectivity index (χ4n) is 3.00. The summed E-state index contributed by atoms with van der Waals surface area (Å²) in [6.07, 6.45) is 1.81. The Hall–Kier alpha value is -3.10. The van der Waals surface area contributed by atoms with E-state index in [0.29, 0.717) is 26.7 Å². The lowest BCUT2D eigenvalue weighted by Gasteiger charge is -2.15. The molecule has 0 unspecified atom stereocenters. The zero-order valence-corrected chi connectivity index (χ0v) is 18.3. The van der Waals surface area contributed by atoms with Gasteiger partial charge in [-0.1, -0.05) is 30.3 Å². The third-order valence-electron chi connectivity index (χ3n) is 4.34. The SMILES string of the molecule is COc1cccc(/C=C2\S/C(=N/c3nc(C)cs3)N(c3ccccc3)C2=O)c1OC. The minimum atomic E-state index is -0.150. The fraction of sp³-hybridized carbons (Fsp3) is 0.136. The Morgan fingerprint density at radius 2 is 1.87 bits per heavy atom. The fourth-order valence-corrected chi connectivity index (χ4v) is 4.69. The second kappa shape index (κ2) is 8.73. The number of carbonyl (C=O) groups is 1. The standard InChI is InChI=1S/C22H19N3O3S2/c1-14-13-29-21(23-14)24-22-25(16-9-5-4-6-10-16)20(26)18(30-22)12-15-8-7-11-17(27-2)19(15)28-3/h4-13H,1-3H3/b18-12-,24-22+. The molecular formula is C22H19N3O3S2. The Kier molecular flexibility index (Phi) is 5.87. The van der Waals surface area contributed by atoms with Crippen LogP contribution in [0.3, 0.4) is 0 Å². The Balaban J connectivity index is 1.79. The molecule has 0 saturated carbocycles. The van der Waals surface area contributed by atoms with Gasteiger partial charge in [0.2, 0.25) is 5.13 Å². The maximum atomic E-state index is 13.3. The number of carbonyl (C=O) groups excluding carboxylic acids is 1. The van der Waals surface area contributed by atoms with Gasteiger partial charge in [0.15, 0.2) is 16.7 Å². The van der Waals surface area contributed by atoms with Crippen molar-refractivity contribution in [2.75, 3.05) is 19.1 Å². The van der Waals surface area contributed by atoms with Crippen molar-refractivity contribution in [3.05, 3.63) is 70.1 Å². The Morgan fingerprint density at radius 1 is 1.07 bits per heavy atom. The summed E-state index contributed by atoms with van der Waals surface area (Å²) in [5.41, 5.74) is 2.41. The van der Waals surface area contributed by atoms with Crippen LogP contribution in [-0.4, -0.2) is 30.3 Å². The normalized spacial score (nSPS) is 16.5. The number of rotatable bonds is 5. The van der Waals surface area contributed by atoms with Gasteiger partial charge in [0.1, 0.15) is 0 Å². The van der Waals surface area contributed by atoms with E-state index in [-0.39, 0.29) is 5.91 Å². The summed E-state index contributed by atoms with van der Waals surface area (Å²) in [7, 11) is 3.17. The highest BCUT2D eigenvalue weighted by molar-refractivity contribution is 8.19. The van der Waals surface area contributed by atoms with E-state index < -0.39 is 0 Å². The molecule has 1 aliphatic rings. The van der Waals surface area contributed by atoms with Crippen molar-refractivity contribution < 1.29 is 14.3 Å². The highest BCUT2D eigenvalue weighted by Gasteiger charge is 2.35. The molecular weight excluding hydrogens is 418 g/mol. The van der Waals surface area contributed by atoms with Crippen LogP contribution in [-0.2, 0) is 4.79 Å². The van der Waals surface area contributed by atoms with Crippen LogP contribution in [0.1, 0.15) is 11.3 Å². The first-order valence-corrected chi connectivity index (χ1v) is 10.8. The number of hydrogen-bond donors (Lipinski definition) is 0. The maximum absolute atomic E-state index is 13.3. The Morgan fingerprint density at radius 3 is 2.53 bits per heavy atom. The predicted molar refractivity (Wildman–Crippen MR) is 123 cm³/mol. The number of aromatic nitrogens is 1. The number of aryl methyl sites for hydroxylation is 1. The second-order valence-electron chi connectivity index (χ2n) is 6.34. The first-order chi connectivity index (χ1) is 14.6. The number of hydrogen-bond acceptors (Lipinski definition) is 7. The van der Waals surface area contributed by atoms with Gasteiger partial charge in [0.25, 0.3) is 5.91 Å². The van der Waals surface area contributed by atoms with Gasteiger partial charge in [-0.3, -0.25) is 9.69 Å². The minimum Gasteiger partial charge on any atom is -0.493 e. The van der Waals surface area contributed by atoms with E-state index in [0.717, 1.165) is 16.9 Å². The molecule has 0 radical (unpaired) electrons. The van der Waals surface area contributed by atoms with Crippen molar-refractivity contribution in [1.82, 2.24) is 4.98 Å². The predicted octanol–water partition coefficient (Wildman–Crippen LogP) is 5.28. The molecule has 0 atom stereocenters. The Bertz CT molecular complexity index is 1140. The quantitative estimate of drug-likeness (QED) is 0.508. The van der Waals surface area contributed by atoms with Crippen LogP contribution in [0.2, 0.25) is 0 Å². The van der Waals surface area contributed by atoms with Crippen LogP contribution in [0.25, 0.3) is 6.08 Å². The summed E-state index contributed by atoms with van der Waals surface area (Å²) in [5.74, 6) is 1.03. The summed E-state index contributed by atoms with van der Waals surface area (Å²) in [6.45, 7) is 1.92. The number of methoxy groups -OCH3 is 2. The van der Waals surface area contributed by atoms with E-state index in [1.807, 2.05) is 60.8 Å². The van der Waals surface area contributed by atoms with E-state index in [1.54, 1.807) is 25.2 Å². The maximum Gasteiger partial charge on any atom is 0.271 e. The molecule has 0 aliphatic carbocycles. The van der Waals surface area contributed by atoms with Gasteiger partial charge in [-0.2, -0.15) is 4.99 Å². The lowest BCUT2D eigenvalue weighted by atomic mass is 10.1. The van der Waals surface area contributed by atoms with Crippen LogP contribution in [0.5, 0.6) is 11.5 Å². The lowest BCUT2D eigenvalue weighted by molar-refractivity contribution is -0.113. The lowest BCUT2D eigenvalue weighted by Crippen LogP contribution is -2.28. The topological polar surface area (TPSA) is 64.0 Å². The van der Waals surface area contributed by atoms with E-state index in [2.05, 4.69) is 9.98 Å². The molecule has 0 bridgehead atoms. The van der Waals surface area contributed by atoms with Crippen LogP contribution in [0.4, 0.5) is 10.8 Å². The van der Waals surface area contributed by atoms with Crippen LogP contribution >= 0.6 is 23.1 Å². The number of ether oxygens (including phenoxy) is 2. The number of thioether (sulfide) groups is 1. The molecule has 1 amide bonds. The highest BCUT2D eigenvalue weighted by Crippen LogP contribution is 2.40. The molecule has 1 saturated heterocycles. The van der Waals surface area contributed by atoms with Crippen molar-refractivity contribution in [1.29, 1.82) is 0 Å². The zero-order chi connectivity index (χ0) is 21.1. The van der Waals surface area contributed by atoms with Crippen molar-refractivity contribution in [3.8, 4) is 11.5 Å². The molecule has 1 aromatic heterocycles. The average Bonchev–Trinajstić information content (AvgIpc) is 3.31. The van der Waals surface area contributed by atoms with Gasteiger partial charge in [0.05, 0.1) is 30.5 Å². The van der Waals surface area contributed by atoms with Gasteiger partial charge in [-0.05, 0) is 43.0 Å². The summed E-state index contributed by atoms with van der Waals surface area (Å²) in [4.78, 5) is 24.5. The van der Waals surface area contributed by atoms with Crippen molar-refractivity contribution >= 4 is 51.1 Å². The third kappa shape index (κ3) is 3.96. The molecule has 1 fully saturated rings. The van der Waals surface area contributed by atoms with Crippen molar-refractivity contribution in [2.45, 2.75) is 6.92 Å². The molecule has 2 aromatic carbocycles. The summed E-state index contributed by atoms with van der Waals surface area (Å²) in [6, 6.07) is 15.0. The molecule has 0 spiro atoms. The number of benzene rings is 2. The molecule has 6 nitrogen and oxygen atoms in total. The number of aliphatic imine (C=N–C) groups is 1. The highest BCUT2D eigenvalue weighted by atomic mass is 32.2. The summed E-state index contributed by atoms with van der Waals surface area (Å²) in [5, 5.41) is 3.11. The van der Waals surface area contributed by atoms with Gasteiger partial charge < -0.3 is 9.47 Å². The van der Waals surface area contributed by atoms with E-state index in [4.69, 9.17) is 9.47 Å². The monoisotopic (exact) mass is 437 g/mol. The van der Waals surface area contributed by atoms with Gasteiger partial charge in [-0.15, -0.1) is 11.3 Å². The first kappa shape index (κ1) is 20.2. The molecule has 0 N–H and O–H groups in total. The third-order valence-corrected chi connectivity index (χ3v) is 6.16. The number of para-hydroxylation sites is 2. The average molecular weight is 438 g/mol. The first-order valence-electron chi connectivity index (χ1n) is 9.11. The minimum absolute atomic E-state index is 0.150. The molecule has 1 aliphatic heterocycles. The van der Waals surface area contributed by atoms with Crippen LogP contribution in [0.15, 0.2) is 63.8 Å². The molecule has 30 heavy (non-hydrogen) atoms. The molecule has 2 heterocycles. The number of amidine groups is 1. The summed E-state index contributed by atoms with van der Waals surface area (Å²) < 4.78 is 10.9. The van der Waals surface area contributed by atoms with Crippen LogP contribution in [0, 0.1) is 6.92 Å². The van der Waals surface area contributed by atoms with E-state index >= 15 is 0 Å². The van der Waals surface area contributed by atoms with Crippen LogP contribution < -0.4 is 14.4 Å². The van der Waals surface area contributed by atoms with Crippen molar-refractivity contribution in [2.24, 2.45) is 4.99 Å². The Labute approximate surface area is 182 Å². The second-order valence-corrected chi connectivity index (χ2v) is 8.18. The molecule has 152 valence electrons. The smallest absolute Gasteiger partial charge is 0.271 e. The molecule has 8 heteroatoms. The van der Waals surface area contributed by atoms with E-state index in [9.17, 15) is 4.79 Å². The summed E-state index contributed by atoms with van der Waals surface area (Å²) >= 11 is 2.76. The zero-order valence-electron chi connectivity index (χ0n) is 16.7. The molecule has 3 aromatic rings. The number of nitrogens with zero attached hydrogens (tertiary/aromatic N) is 3. The van der Waals surface area contributed by atoms with Gasteiger partial charge in [0, 0.05) is 10.9 Å². The van der Waals surface area contributed by atoms with Gasteiger partial charge >= 0.3 is 0 Å².